The molecule has 0 amide bonds. The Balaban J connectivity index is 1.94. The first kappa shape index (κ1) is 19.1. The van der Waals surface area contributed by atoms with E-state index in [1.165, 1.54) is 29.4 Å². The largest absolute Gasteiger partial charge is 0.755 e. The Hall–Kier alpha value is -2.22. The molecule has 0 aliphatic rings. The van der Waals surface area contributed by atoms with Gasteiger partial charge in [0.2, 0.25) is 10.9 Å². The topological polar surface area (TPSA) is 122 Å². The fourth-order valence-electron chi connectivity index (χ4n) is 2.95. The highest BCUT2D eigenvalue weighted by atomic mass is 32.2. The number of nitrogens with one attached hydrogen (secondary N) is 1. The summed E-state index contributed by atoms with van der Waals surface area (Å²) in [6, 6.07) is 1.94. The van der Waals surface area contributed by atoms with Gasteiger partial charge in [-0.25, -0.2) is 4.98 Å². The van der Waals surface area contributed by atoms with Crippen LogP contribution in [0.3, 0.4) is 0 Å². The van der Waals surface area contributed by atoms with Crippen LogP contribution in [0, 0.1) is 6.92 Å². The first-order chi connectivity index (χ1) is 13.4. The molecule has 0 aliphatic heterocycles. The summed E-state index contributed by atoms with van der Waals surface area (Å²) in [4.78, 5) is 18.0. The molecule has 0 radical (unpaired) electrons. The predicted octanol–water partition coefficient (Wildman–Crippen LogP) is 1.91. The van der Waals surface area contributed by atoms with Crippen molar-refractivity contribution in [3.05, 3.63) is 27.6 Å². The molecule has 13 heteroatoms. The molecule has 148 valence electrons. The predicted molar refractivity (Wildman–Crippen MR) is 108 cm³/mol. The van der Waals surface area contributed by atoms with Crippen molar-refractivity contribution in [2.75, 3.05) is 4.72 Å². The first-order valence-electron chi connectivity index (χ1n) is 8.33. The van der Waals surface area contributed by atoms with E-state index in [4.69, 9.17) is 0 Å². The van der Waals surface area contributed by atoms with Crippen molar-refractivity contribution in [2.24, 2.45) is 7.05 Å². The van der Waals surface area contributed by atoms with Gasteiger partial charge in [-0.15, -0.1) is 21.5 Å². The molecule has 4 aromatic heterocycles. The quantitative estimate of drug-likeness (QED) is 0.456. The summed E-state index contributed by atoms with van der Waals surface area (Å²) in [5.41, 5.74) is 0.669. The van der Waals surface area contributed by atoms with Gasteiger partial charge < -0.3 is 9.12 Å². The Morgan fingerprint density at radius 3 is 2.89 bits per heavy atom. The summed E-state index contributed by atoms with van der Waals surface area (Å²) in [7, 11) is 1.76. The average molecular weight is 439 g/mol. The highest BCUT2D eigenvalue weighted by Crippen LogP contribution is 2.34. The SMILES string of the molecule is CCCn1c(=O)c2sc(C)cc2n2c(Sc3c(NS(=O)[O-])ncn3C)nnc12. The number of rotatable bonds is 6. The Bertz CT molecular complexity index is 1270. The summed E-state index contributed by atoms with van der Waals surface area (Å²) in [6.45, 7) is 4.48. The smallest absolute Gasteiger partial charge is 0.272 e. The van der Waals surface area contributed by atoms with Crippen molar-refractivity contribution in [3.8, 4) is 0 Å². The van der Waals surface area contributed by atoms with Crippen LogP contribution in [0.15, 0.2) is 27.4 Å². The third-order valence-corrected chi connectivity index (χ3v) is 6.58. The van der Waals surface area contributed by atoms with E-state index in [0.717, 1.165) is 16.8 Å². The van der Waals surface area contributed by atoms with Crippen molar-refractivity contribution in [2.45, 2.75) is 37.0 Å². The van der Waals surface area contributed by atoms with Crippen LogP contribution in [0.1, 0.15) is 18.2 Å². The molecule has 0 spiro atoms. The maximum absolute atomic E-state index is 12.9. The van der Waals surface area contributed by atoms with Crippen molar-refractivity contribution >= 4 is 56.2 Å². The molecule has 1 atom stereocenters. The van der Waals surface area contributed by atoms with E-state index >= 15 is 0 Å². The van der Waals surface area contributed by atoms with Crippen LogP contribution in [0.5, 0.6) is 0 Å². The third-order valence-electron chi connectivity index (χ3n) is 4.07. The van der Waals surface area contributed by atoms with Crippen molar-refractivity contribution in [1.82, 2.24) is 28.7 Å². The molecule has 0 fully saturated rings. The Kier molecular flexibility index (Phi) is 4.99. The normalized spacial score (nSPS) is 12.9. The van der Waals surface area contributed by atoms with Gasteiger partial charge in [-0.1, -0.05) is 6.92 Å². The summed E-state index contributed by atoms with van der Waals surface area (Å²) in [5.74, 6) is 0.668. The van der Waals surface area contributed by atoms with Gasteiger partial charge in [0.1, 0.15) is 9.73 Å². The zero-order chi connectivity index (χ0) is 20.0. The lowest BCUT2D eigenvalue weighted by Gasteiger charge is -2.10. The zero-order valence-electron chi connectivity index (χ0n) is 15.2. The van der Waals surface area contributed by atoms with Gasteiger partial charge in [-0.3, -0.25) is 22.7 Å². The molecule has 4 heterocycles. The van der Waals surface area contributed by atoms with Gasteiger partial charge in [-0.05, 0) is 31.2 Å². The van der Waals surface area contributed by atoms with E-state index in [0.29, 0.717) is 27.2 Å². The van der Waals surface area contributed by atoms with E-state index < -0.39 is 11.3 Å². The minimum atomic E-state index is -2.49. The average Bonchev–Trinajstić information content (AvgIpc) is 3.31. The zero-order valence-corrected chi connectivity index (χ0v) is 17.7. The van der Waals surface area contributed by atoms with Crippen LogP contribution >= 0.6 is 23.1 Å². The third kappa shape index (κ3) is 3.13. The van der Waals surface area contributed by atoms with Gasteiger partial charge in [0.05, 0.1) is 11.8 Å². The molecule has 1 unspecified atom stereocenters. The summed E-state index contributed by atoms with van der Waals surface area (Å²) in [5, 5.41) is 9.60. The van der Waals surface area contributed by atoms with Crippen LogP contribution < -0.4 is 10.3 Å². The highest BCUT2D eigenvalue weighted by Gasteiger charge is 2.21. The number of nitrogens with zero attached hydrogens (tertiary/aromatic N) is 6. The molecule has 0 saturated carbocycles. The fourth-order valence-corrected chi connectivity index (χ4v) is 5.18. The number of imidazole rings is 1. The van der Waals surface area contributed by atoms with Gasteiger partial charge in [0.15, 0.2) is 5.82 Å². The van der Waals surface area contributed by atoms with Crippen molar-refractivity contribution in [1.29, 1.82) is 0 Å². The van der Waals surface area contributed by atoms with E-state index in [1.807, 2.05) is 24.3 Å². The number of aromatic nitrogens is 6. The lowest BCUT2D eigenvalue weighted by molar-refractivity contribution is 0.542. The van der Waals surface area contributed by atoms with Gasteiger partial charge in [0.25, 0.3) is 5.56 Å². The molecule has 0 aliphatic carbocycles. The number of hydrogen-bond acceptors (Lipinski definition) is 8. The standard InChI is InChI=1S/C15H17N7O3S3/c1-4-5-21-12(23)10-9(6-8(2)26-10)22-14(21)17-18-15(22)27-13-11(19-28(24)25)16-7-20(13)3/h6-7,19H,4-5H2,1-3H3,(H,24,25)/p-1. The highest BCUT2D eigenvalue weighted by molar-refractivity contribution is 7.99. The fraction of sp³-hybridized carbons (Fsp3) is 0.333. The van der Waals surface area contributed by atoms with Crippen LogP contribution in [0.2, 0.25) is 0 Å². The number of hydrogen-bond donors (Lipinski definition) is 1. The van der Waals surface area contributed by atoms with E-state index in [2.05, 4.69) is 19.9 Å². The van der Waals surface area contributed by atoms with Crippen molar-refractivity contribution < 1.29 is 8.76 Å². The second kappa shape index (κ2) is 7.31. The molecule has 0 aromatic carbocycles. The molecule has 1 N–H and O–H groups in total. The molecule has 10 nitrogen and oxygen atoms in total. The summed E-state index contributed by atoms with van der Waals surface area (Å²) >= 11 is 0.170. The van der Waals surface area contributed by atoms with Crippen LogP contribution in [0.4, 0.5) is 5.82 Å². The lowest BCUT2D eigenvalue weighted by Crippen LogP contribution is -2.22. The second-order valence-electron chi connectivity index (χ2n) is 6.09. The Morgan fingerprint density at radius 1 is 1.39 bits per heavy atom. The minimum Gasteiger partial charge on any atom is -0.755 e. The number of aryl methyl sites for hydroxylation is 3. The number of thiophene rings is 1. The van der Waals surface area contributed by atoms with E-state index in [9.17, 15) is 13.6 Å². The van der Waals surface area contributed by atoms with Gasteiger partial charge in [0, 0.05) is 29.7 Å². The molecule has 28 heavy (non-hydrogen) atoms. The van der Waals surface area contributed by atoms with Crippen LogP contribution in [0.25, 0.3) is 16.0 Å². The van der Waals surface area contributed by atoms with E-state index in [1.54, 1.807) is 16.2 Å². The molecule has 4 aromatic rings. The van der Waals surface area contributed by atoms with Crippen LogP contribution in [-0.2, 0) is 24.9 Å². The number of fused-ring (bicyclic) bond motifs is 3. The molecular weight excluding hydrogens is 422 g/mol. The summed E-state index contributed by atoms with van der Waals surface area (Å²) < 4.78 is 30.2. The Morgan fingerprint density at radius 2 is 2.18 bits per heavy atom. The molecule has 4 rings (SSSR count). The number of anilines is 1. The first-order valence-corrected chi connectivity index (χ1v) is 11.0. The van der Waals surface area contributed by atoms with Gasteiger partial charge in [-0.2, -0.15) is 0 Å². The maximum Gasteiger partial charge on any atom is 0.272 e. The van der Waals surface area contributed by atoms with E-state index in [-0.39, 0.29) is 11.4 Å². The molecule has 0 saturated heterocycles. The second-order valence-corrected chi connectivity index (χ2v) is 8.98. The van der Waals surface area contributed by atoms with Gasteiger partial charge >= 0.3 is 0 Å². The monoisotopic (exact) mass is 438 g/mol. The van der Waals surface area contributed by atoms with Crippen LogP contribution in [-0.4, -0.2) is 37.5 Å². The minimum absolute atomic E-state index is 0.0731. The lowest BCUT2D eigenvalue weighted by atomic mass is 10.4. The molecule has 0 bridgehead atoms. The molecular formula is C15H16N7O3S3-. The summed E-state index contributed by atoms with van der Waals surface area (Å²) in [6.07, 6.45) is 2.30. The maximum atomic E-state index is 12.9. The van der Waals surface area contributed by atoms with Crippen molar-refractivity contribution in [3.63, 3.8) is 0 Å². The Labute approximate surface area is 170 Å².